The average molecular weight is 276 g/mol. The summed E-state index contributed by atoms with van der Waals surface area (Å²) in [4.78, 5) is 10.5. The number of rotatable bonds is 6. The molecule has 2 aromatic rings. The van der Waals surface area contributed by atoms with Crippen LogP contribution in [0.2, 0.25) is 0 Å². The van der Waals surface area contributed by atoms with Crippen molar-refractivity contribution in [2.75, 3.05) is 11.9 Å². The molecule has 0 aliphatic rings. The maximum absolute atomic E-state index is 10.9. The Morgan fingerprint density at radius 2 is 2.25 bits per heavy atom. The lowest BCUT2D eigenvalue weighted by Crippen LogP contribution is -2.01. The lowest BCUT2D eigenvalue weighted by molar-refractivity contribution is -0.385. The highest BCUT2D eigenvalue weighted by Crippen LogP contribution is 2.31. The first kappa shape index (κ1) is 13.9. The normalized spacial score (nSPS) is 10.3. The van der Waals surface area contributed by atoms with Gasteiger partial charge in [0.15, 0.2) is 11.6 Å². The van der Waals surface area contributed by atoms with Gasteiger partial charge in [-0.25, -0.2) is 0 Å². The van der Waals surface area contributed by atoms with E-state index in [-0.39, 0.29) is 11.4 Å². The maximum Gasteiger partial charge on any atom is 0.311 e. The minimum Gasteiger partial charge on any atom is -0.487 e. The topological polar surface area (TPSA) is 82.2 Å². The first-order valence-electron chi connectivity index (χ1n) is 6.28. The van der Waals surface area contributed by atoms with E-state index < -0.39 is 4.92 Å². The lowest BCUT2D eigenvalue weighted by Gasteiger charge is -2.08. The fourth-order valence-corrected chi connectivity index (χ4v) is 1.70. The Bertz CT molecular complexity index is 609. The van der Waals surface area contributed by atoms with Crippen LogP contribution in [0.15, 0.2) is 30.5 Å². The molecule has 0 fully saturated rings. The lowest BCUT2D eigenvalue weighted by atomic mass is 10.2. The van der Waals surface area contributed by atoms with Gasteiger partial charge in [0.25, 0.3) is 0 Å². The van der Waals surface area contributed by atoms with Crippen molar-refractivity contribution < 1.29 is 9.66 Å². The zero-order valence-electron chi connectivity index (χ0n) is 11.4. The Morgan fingerprint density at radius 3 is 2.85 bits per heavy atom. The molecule has 0 aliphatic heterocycles. The highest BCUT2D eigenvalue weighted by Gasteiger charge is 2.15. The SMILES string of the molecule is CCCOc1cc(Nc2ccn(C)n2)ccc1[N+](=O)[O-]. The molecule has 106 valence electrons. The highest BCUT2D eigenvalue weighted by molar-refractivity contribution is 5.63. The molecule has 0 radical (unpaired) electrons. The van der Waals surface area contributed by atoms with Crippen LogP contribution in [0.1, 0.15) is 13.3 Å². The number of nitro benzene ring substituents is 1. The van der Waals surface area contributed by atoms with Crippen LogP contribution in [0, 0.1) is 10.1 Å². The van der Waals surface area contributed by atoms with E-state index in [0.29, 0.717) is 18.1 Å². The van der Waals surface area contributed by atoms with Crippen molar-refractivity contribution in [3.8, 4) is 5.75 Å². The molecular weight excluding hydrogens is 260 g/mol. The summed E-state index contributed by atoms with van der Waals surface area (Å²) < 4.78 is 7.09. The molecule has 20 heavy (non-hydrogen) atoms. The summed E-state index contributed by atoms with van der Waals surface area (Å²) in [6.07, 6.45) is 2.59. The summed E-state index contributed by atoms with van der Waals surface area (Å²) in [6, 6.07) is 6.48. The van der Waals surface area contributed by atoms with Crippen LogP contribution in [0.4, 0.5) is 17.2 Å². The smallest absolute Gasteiger partial charge is 0.311 e. The minimum absolute atomic E-state index is 0.0370. The monoisotopic (exact) mass is 276 g/mol. The van der Waals surface area contributed by atoms with E-state index in [2.05, 4.69) is 10.4 Å². The summed E-state index contributed by atoms with van der Waals surface area (Å²) in [7, 11) is 1.82. The third kappa shape index (κ3) is 3.25. The largest absolute Gasteiger partial charge is 0.487 e. The number of aromatic nitrogens is 2. The number of hydrogen-bond acceptors (Lipinski definition) is 5. The fourth-order valence-electron chi connectivity index (χ4n) is 1.70. The molecule has 1 aromatic carbocycles. The van der Waals surface area contributed by atoms with Crippen LogP contribution in [0.25, 0.3) is 0 Å². The van der Waals surface area contributed by atoms with Gasteiger partial charge < -0.3 is 10.1 Å². The molecule has 7 nitrogen and oxygen atoms in total. The Kier molecular flexibility index (Phi) is 4.19. The van der Waals surface area contributed by atoms with Crippen LogP contribution in [0.3, 0.4) is 0 Å². The van der Waals surface area contributed by atoms with Gasteiger partial charge in [-0.2, -0.15) is 5.10 Å². The van der Waals surface area contributed by atoms with Gasteiger partial charge in [0.1, 0.15) is 0 Å². The summed E-state index contributed by atoms with van der Waals surface area (Å²) >= 11 is 0. The van der Waals surface area contributed by atoms with Crippen molar-refractivity contribution in [2.45, 2.75) is 13.3 Å². The summed E-state index contributed by atoms with van der Waals surface area (Å²) in [6.45, 7) is 2.38. The van der Waals surface area contributed by atoms with Gasteiger partial charge >= 0.3 is 5.69 Å². The molecule has 1 heterocycles. The number of nitro groups is 1. The molecule has 0 amide bonds. The van der Waals surface area contributed by atoms with Crippen LogP contribution in [-0.4, -0.2) is 21.3 Å². The fraction of sp³-hybridized carbons (Fsp3) is 0.308. The van der Waals surface area contributed by atoms with Gasteiger partial charge in [-0.15, -0.1) is 0 Å². The van der Waals surface area contributed by atoms with E-state index in [1.54, 1.807) is 16.8 Å². The Hall–Kier alpha value is -2.57. The second-order valence-electron chi connectivity index (χ2n) is 4.29. The van der Waals surface area contributed by atoms with Gasteiger partial charge in [-0.05, 0) is 12.5 Å². The summed E-state index contributed by atoms with van der Waals surface area (Å²) in [5, 5.41) is 18.2. The third-order valence-corrected chi connectivity index (χ3v) is 2.60. The average Bonchev–Trinajstić information content (AvgIpc) is 2.81. The molecule has 0 saturated carbocycles. The van der Waals surface area contributed by atoms with E-state index in [0.717, 1.165) is 6.42 Å². The van der Waals surface area contributed by atoms with E-state index in [4.69, 9.17) is 4.74 Å². The van der Waals surface area contributed by atoms with E-state index in [9.17, 15) is 10.1 Å². The van der Waals surface area contributed by atoms with E-state index in [1.807, 2.05) is 26.2 Å². The first-order chi connectivity index (χ1) is 9.60. The number of nitrogens with one attached hydrogen (secondary N) is 1. The molecule has 0 bridgehead atoms. The van der Waals surface area contributed by atoms with E-state index >= 15 is 0 Å². The molecule has 0 saturated heterocycles. The minimum atomic E-state index is -0.449. The zero-order valence-corrected chi connectivity index (χ0v) is 11.4. The number of nitrogens with zero attached hydrogens (tertiary/aromatic N) is 3. The van der Waals surface area contributed by atoms with Crippen LogP contribution in [0.5, 0.6) is 5.75 Å². The summed E-state index contributed by atoms with van der Waals surface area (Å²) in [5.74, 6) is 0.931. The second-order valence-corrected chi connectivity index (χ2v) is 4.29. The van der Waals surface area contributed by atoms with Crippen molar-refractivity contribution in [1.82, 2.24) is 9.78 Å². The number of hydrogen-bond donors (Lipinski definition) is 1. The summed E-state index contributed by atoms with van der Waals surface area (Å²) in [5.41, 5.74) is 0.658. The predicted molar refractivity (Wildman–Crippen MR) is 75.4 cm³/mol. The number of anilines is 2. The molecule has 0 atom stereocenters. The van der Waals surface area contributed by atoms with Gasteiger partial charge in [0.2, 0.25) is 0 Å². The molecule has 0 aliphatic carbocycles. The maximum atomic E-state index is 10.9. The molecule has 1 N–H and O–H groups in total. The molecule has 0 spiro atoms. The zero-order chi connectivity index (χ0) is 14.5. The molecule has 7 heteroatoms. The van der Waals surface area contributed by atoms with Gasteiger partial charge in [-0.3, -0.25) is 14.8 Å². The number of aryl methyl sites for hydroxylation is 1. The Morgan fingerprint density at radius 1 is 1.45 bits per heavy atom. The van der Waals surface area contributed by atoms with Crippen molar-refractivity contribution in [3.05, 3.63) is 40.6 Å². The first-order valence-corrected chi connectivity index (χ1v) is 6.28. The van der Waals surface area contributed by atoms with E-state index in [1.165, 1.54) is 6.07 Å². The van der Waals surface area contributed by atoms with Crippen molar-refractivity contribution in [3.63, 3.8) is 0 Å². The predicted octanol–water partition coefficient (Wildman–Crippen LogP) is 2.86. The van der Waals surface area contributed by atoms with Crippen molar-refractivity contribution >= 4 is 17.2 Å². The highest BCUT2D eigenvalue weighted by atomic mass is 16.6. The molecule has 0 unspecified atom stereocenters. The van der Waals surface area contributed by atoms with Crippen LogP contribution < -0.4 is 10.1 Å². The van der Waals surface area contributed by atoms with Crippen molar-refractivity contribution in [2.24, 2.45) is 7.05 Å². The van der Waals surface area contributed by atoms with Crippen LogP contribution >= 0.6 is 0 Å². The van der Waals surface area contributed by atoms with Crippen molar-refractivity contribution in [1.29, 1.82) is 0 Å². The number of ether oxygens (including phenoxy) is 1. The Balaban J connectivity index is 2.24. The van der Waals surface area contributed by atoms with Crippen LogP contribution in [-0.2, 0) is 7.05 Å². The van der Waals surface area contributed by atoms with Gasteiger partial charge in [0.05, 0.1) is 11.5 Å². The molecule has 2 rings (SSSR count). The second kappa shape index (κ2) is 6.05. The molecular formula is C13H16N4O3. The van der Waals surface area contributed by atoms with Gasteiger partial charge in [0, 0.05) is 37.1 Å². The molecule has 1 aromatic heterocycles. The number of benzene rings is 1. The third-order valence-electron chi connectivity index (χ3n) is 2.60. The van der Waals surface area contributed by atoms with Gasteiger partial charge in [-0.1, -0.05) is 6.92 Å². The standard InChI is InChI=1S/C13H16N4O3/c1-3-8-20-12-9-10(4-5-11(12)17(18)19)14-13-6-7-16(2)15-13/h4-7,9H,3,8H2,1-2H3,(H,14,15). The quantitative estimate of drug-likeness (QED) is 0.648. The Labute approximate surface area is 116 Å².